The molecule has 0 aromatic heterocycles. The molecule has 1 saturated heterocycles. The average molecular weight is 364 g/mol. The van der Waals surface area contributed by atoms with Crippen LogP contribution in [0.3, 0.4) is 0 Å². The van der Waals surface area contributed by atoms with Gasteiger partial charge in [0, 0.05) is 25.6 Å². The Bertz CT molecular complexity index is 771. The third-order valence-electron chi connectivity index (χ3n) is 5.18. The van der Waals surface area contributed by atoms with Crippen molar-refractivity contribution in [3.8, 4) is 0 Å². The molecule has 0 aliphatic carbocycles. The van der Waals surface area contributed by atoms with Crippen LogP contribution in [0.4, 0.5) is 0 Å². The first-order valence-electron chi connectivity index (χ1n) is 9.69. The molecule has 1 N–H and O–H groups in total. The van der Waals surface area contributed by atoms with Crippen molar-refractivity contribution in [2.45, 2.75) is 45.7 Å². The zero-order valence-corrected chi connectivity index (χ0v) is 16.2. The van der Waals surface area contributed by atoms with Gasteiger partial charge >= 0.3 is 0 Å². The monoisotopic (exact) mass is 364 g/mol. The van der Waals surface area contributed by atoms with E-state index in [2.05, 4.69) is 29.6 Å². The predicted molar refractivity (Wildman–Crippen MR) is 107 cm³/mol. The number of rotatable bonds is 7. The maximum atomic E-state index is 12.6. The number of likely N-dealkylation sites (tertiary alicyclic amines) is 1. The van der Waals surface area contributed by atoms with Crippen LogP contribution in [0.5, 0.6) is 0 Å². The van der Waals surface area contributed by atoms with Crippen LogP contribution in [0.25, 0.3) is 0 Å². The van der Waals surface area contributed by atoms with Crippen LogP contribution in [0.15, 0.2) is 54.6 Å². The molecule has 0 saturated carbocycles. The minimum Gasteiger partial charge on any atom is -0.353 e. The number of hydrogen-bond donors (Lipinski definition) is 1. The first-order valence-corrected chi connectivity index (χ1v) is 9.69. The minimum atomic E-state index is -0.248. The van der Waals surface area contributed by atoms with E-state index in [1.165, 1.54) is 11.1 Å². The van der Waals surface area contributed by atoms with Crippen molar-refractivity contribution in [3.63, 3.8) is 0 Å². The summed E-state index contributed by atoms with van der Waals surface area (Å²) in [4.78, 5) is 26.7. The summed E-state index contributed by atoms with van der Waals surface area (Å²) < 4.78 is 0. The zero-order chi connectivity index (χ0) is 19.2. The molecule has 1 heterocycles. The van der Waals surface area contributed by atoms with Crippen LogP contribution >= 0.6 is 0 Å². The Morgan fingerprint density at radius 3 is 2.52 bits per heavy atom. The average Bonchev–Trinajstić information content (AvgIpc) is 3.03. The molecule has 1 aliphatic heterocycles. The quantitative estimate of drug-likeness (QED) is 0.818. The summed E-state index contributed by atoms with van der Waals surface area (Å²) in [7, 11) is 0. The SMILES string of the molecule is Cc1ccc(CN2CC(C(=O)NC(C)CCc3ccccc3)CC2=O)cc1. The van der Waals surface area contributed by atoms with Crippen molar-refractivity contribution >= 4 is 11.8 Å². The van der Waals surface area contributed by atoms with Gasteiger partial charge in [0.1, 0.15) is 0 Å². The Morgan fingerprint density at radius 2 is 1.81 bits per heavy atom. The van der Waals surface area contributed by atoms with Gasteiger partial charge in [-0.15, -0.1) is 0 Å². The summed E-state index contributed by atoms with van der Waals surface area (Å²) >= 11 is 0. The number of carbonyl (C=O) groups excluding carboxylic acids is 2. The van der Waals surface area contributed by atoms with Gasteiger partial charge in [0.15, 0.2) is 0 Å². The Morgan fingerprint density at radius 1 is 1.11 bits per heavy atom. The van der Waals surface area contributed by atoms with E-state index in [1.807, 2.05) is 44.2 Å². The van der Waals surface area contributed by atoms with E-state index in [0.717, 1.165) is 18.4 Å². The van der Waals surface area contributed by atoms with E-state index >= 15 is 0 Å². The second kappa shape index (κ2) is 8.85. The van der Waals surface area contributed by atoms with Crippen LogP contribution in [0, 0.1) is 12.8 Å². The van der Waals surface area contributed by atoms with Gasteiger partial charge in [0.2, 0.25) is 11.8 Å². The second-order valence-corrected chi connectivity index (χ2v) is 7.59. The van der Waals surface area contributed by atoms with E-state index in [4.69, 9.17) is 0 Å². The van der Waals surface area contributed by atoms with Gasteiger partial charge in [-0.1, -0.05) is 60.2 Å². The summed E-state index contributed by atoms with van der Waals surface area (Å²) in [5, 5.41) is 3.09. The van der Waals surface area contributed by atoms with Crippen molar-refractivity contribution in [2.75, 3.05) is 6.54 Å². The standard InChI is InChI=1S/C23H28N2O2/c1-17-8-11-20(12-9-17)15-25-16-21(14-22(25)26)23(27)24-18(2)10-13-19-6-4-3-5-7-19/h3-9,11-12,18,21H,10,13-16H2,1-2H3,(H,24,27). The van der Waals surface area contributed by atoms with Crippen LogP contribution in [0.2, 0.25) is 0 Å². The molecule has 1 aliphatic rings. The van der Waals surface area contributed by atoms with Gasteiger partial charge < -0.3 is 10.2 Å². The lowest BCUT2D eigenvalue weighted by Gasteiger charge is -2.19. The number of amides is 2. The fourth-order valence-electron chi connectivity index (χ4n) is 3.48. The highest BCUT2D eigenvalue weighted by Crippen LogP contribution is 2.21. The van der Waals surface area contributed by atoms with E-state index < -0.39 is 0 Å². The van der Waals surface area contributed by atoms with E-state index in [-0.39, 0.29) is 23.8 Å². The molecule has 142 valence electrons. The lowest BCUT2D eigenvalue weighted by Crippen LogP contribution is -2.38. The molecule has 2 unspecified atom stereocenters. The molecule has 0 radical (unpaired) electrons. The maximum absolute atomic E-state index is 12.6. The second-order valence-electron chi connectivity index (χ2n) is 7.59. The highest BCUT2D eigenvalue weighted by molar-refractivity contribution is 5.89. The molecule has 2 aromatic rings. The van der Waals surface area contributed by atoms with Gasteiger partial charge in [-0.3, -0.25) is 9.59 Å². The number of aryl methyl sites for hydroxylation is 2. The van der Waals surface area contributed by atoms with Gasteiger partial charge in [-0.2, -0.15) is 0 Å². The first-order chi connectivity index (χ1) is 13.0. The lowest BCUT2D eigenvalue weighted by molar-refractivity contribution is -0.129. The van der Waals surface area contributed by atoms with Crippen molar-refractivity contribution in [2.24, 2.45) is 5.92 Å². The molecule has 0 bridgehead atoms. The van der Waals surface area contributed by atoms with E-state index in [0.29, 0.717) is 19.5 Å². The third kappa shape index (κ3) is 5.43. The topological polar surface area (TPSA) is 49.4 Å². The molecular formula is C23H28N2O2. The zero-order valence-electron chi connectivity index (χ0n) is 16.2. The Labute approximate surface area is 161 Å². The largest absolute Gasteiger partial charge is 0.353 e. The number of nitrogens with one attached hydrogen (secondary N) is 1. The molecule has 4 heteroatoms. The van der Waals surface area contributed by atoms with Crippen LogP contribution in [-0.4, -0.2) is 29.3 Å². The molecule has 0 spiro atoms. The number of hydrogen-bond acceptors (Lipinski definition) is 2. The van der Waals surface area contributed by atoms with Crippen molar-refractivity contribution in [3.05, 3.63) is 71.3 Å². The van der Waals surface area contributed by atoms with Gasteiger partial charge in [-0.05, 0) is 37.8 Å². The van der Waals surface area contributed by atoms with Gasteiger partial charge in [-0.25, -0.2) is 0 Å². The van der Waals surface area contributed by atoms with Crippen molar-refractivity contribution in [1.82, 2.24) is 10.2 Å². The Kier molecular flexibility index (Phi) is 6.28. The van der Waals surface area contributed by atoms with Crippen molar-refractivity contribution in [1.29, 1.82) is 0 Å². The number of benzene rings is 2. The minimum absolute atomic E-state index is 0.00434. The molecule has 3 rings (SSSR count). The Hall–Kier alpha value is -2.62. The molecule has 2 atom stereocenters. The summed E-state index contributed by atoms with van der Waals surface area (Å²) in [5.74, 6) is -0.190. The predicted octanol–water partition coefficient (Wildman–Crippen LogP) is 3.48. The van der Waals surface area contributed by atoms with Crippen LogP contribution < -0.4 is 5.32 Å². The first kappa shape index (κ1) is 19.2. The fraction of sp³-hybridized carbons (Fsp3) is 0.391. The van der Waals surface area contributed by atoms with E-state index in [9.17, 15) is 9.59 Å². The van der Waals surface area contributed by atoms with E-state index in [1.54, 1.807) is 4.90 Å². The molecule has 27 heavy (non-hydrogen) atoms. The summed E-state index contributed by atoms with van der Waals surface area (Å²) in [6, 6.07) is 18.6. The number of nitrogens with zero attached hydrogens (tertiary/aromatic N) is 1. The summed E-state index contributed by atoms with van der Waals surface area (Å²) in [5.41, 5.74) is 3.58. The van der Waals surface area contributed by atoms with Crippen molar-refractivity contribution < 1.29 is 9.59 Å². The lowest BCUT2D eigenvalue weighted by atomic mass is 10.0. The fourth-order valence-corrected chi connectivity index (χ4v) is 3.48. The highest BCUT2D eigenvalue weighted by Gasteiger charge is 2.34. The Balaban J connectivity index is 1.47. The number of carbonyl (C=O) groups is 2. The maximum Gasteiger partial charge on any atom is 0.225 e. The summed E-state index contributed by atoms with van der Waals surface area (Å²) in [6.07, 6.45) is 2.14. The van der Waals surface area contributed by atoms with Gasteiger partial charge in [0.25, 0.3) is 0 Å². The van der Waals surface area contributed by atoms with Crippen LogP contribution in [0.1, 0.15) is 36.5 Å². The van der Waals surface area contributed by atoms with Crippen LogP contribution in [-0.2, 0) is 22.6 Å². The molecule has 1 fully saturated rings. The molecule has 2 amide bonds. The molecular weight excluding hydrogens is 336 g/mol. The normalized spacial score (nSPS) is 17.8. The third-order valence-corrected chi connectivity index (χ3v) is 5.18. The smallest absolute Gasteiger partial charge is 0.225 e. The summed E-state index contributed by atoms with van der Waals surface area (Å²) in [6.45, 7) is 5.15. The highest BCUT2D eigenvalue weighted by atomic mass is 16.2. The molecule has 4 nitrogen and oxygen atoms in total. The molecule has 2 aromatic carbocycles. The van der Waals surface area contributed by atoms with Gasteiger partial charge in [0.05, 0.1) is 5.92 Å².